The lowest BCUT2D eigenvalue weighted by atomic mass is 10.4. The van der Waals surface area contributed by atoms with Gasteiger partial charge in [0.05, 0.1) is 0 Å². The third kappa shape index (κ3) is 2.16. The Morgan fingerprint density at radius 2 is 2.23 bits per heavy atom. The molecular weight excluding hydrogens is 228 g/mol. The molecule has 4 nitrogen and oxygen atoms in total. The number of aromatic nitrogens is 2. The minimum absolute atomic E-state index is 0. The summed E-state index contributed by atoms with van der Waals surface area (Å²) in [6.07, 6.45) is 0. The molecular formula is C6H7ClN4S2. The number of thiophene rings is 1. The number of nitrogens with two attached hydrogens (primary N) is 1. The lowest BCUT2D eigenvalue weighted by Crippen LogP contribution is -2.05. The van der Waals surface area contributed by atoms with Crippen LogP contribution < -0.4 is 11.3 Å². The van der Waals surface area contributed by atoms with Gasteiger partial charge in [-0.2, -0.15) is 11.3 Å². The van der Waals surface area contributed by atoms with Gasteiger partial charge in [0.25, 0.3) is 0 Å². The molecule has 0 saturated heterocycles. The number of halogens is 1. The van der Waals surface area contributed by atoms with Gasteiger partial charge in [-0.05, 0) is 11.4 Å². The molecule has 3 N–H and O–H groups in total. The van der Waals surface area contributed by atoms with Gasteiger partial charge >= 0.3 is 0 Å². The van der Waals surface area contributed by atoms with Crippen molar-refractivity contribution in [2.45, 2.75) is 0 Å². The van der Waals surface area contributed by atoms with Gasteiger partial charge < -0.3 is 0 Å². The molecule has 70 valence electrons. The van der Waals surface area contributed by atoms with E-state index in [1.807, 2.05) is 16.8 Å². The molecule has 0 aromatic carbocycles. The zero-order valence-corrected chi connectivity index (χ0v) is 8.88. The molecule has 0 aliphatic rings. The molecule has 0 fully saturated rings. The van der Waals surface area contributed by atoms with Crippen LogP contribution in [0, 0.1) is 0 Å². The summed E-state index contributed by atoms with van der Waals surface area (Å²) in [5, 5.41) is 13.4. The highest BCUT2D eigenvalue weighted by Crippen LogP contribution is 2.26. The fourth-order valence-electron chi connectivity index (χ4n) is 0.784. The molecule has 0 aliphatic carbocycles. The van der Waals surface area contributed by atoms with Gasteiger partial charge in [-0.3, -0.25) is 5.43 Å². The number of nitrogens with zero attached hydrogens (tertiary/aromatic N) is 2. The highest BCUT2D eigenvalue weighted by molar-refractivity contribution is 7.18. The van der Waals surface area contributed by atoms with Gasteiger partial charge in [-0.1, -0.05) is 11.3 Å². The van der Waals surface area contributed by atoms with Gasteiger partial charge in [0.1, 0.15) is 5.01 Å². The van der Waals surface area contributed by atoms with E-state index in [9.17, 15) is 0 Å². The number of rotatable bonds is 2. The van der Waals surface area contributed by atoms with Crippen molar-refractivity contribution in [1.82, 2.24) is 10.2 Å². The largest absolute Gasteiger partial charge is 0.298 e. The van der Waals surface area contributed by atoms with Crippen LogP contribution in [0.1, 0.15) is 0 Å². The molecule has 7 heteroatoms. The first kappa shape index (κ1) is 10.4. The summed E-state index contributed by atoms with van der Waals surface area (Å²) in [5.74, 6) is 5.18. The van der Waals surface area contributed by atoms with Crippen molar-refractivity contribution in [3.8, 4) is 10.6 Å². The summed E-state index contributed by atoms with van der Waals surface area (Å²) in [7, 11) is 0. The molecule has 0 bridgehead atoms. The van der Waals surface area contributed by atoms with Gasteiger partial charge in [-0.15, -0.1) is 22.6 Å². The molecule has 0 atom stereocenters. The van der Waals surface area contributed by atoms with Gasteiger partial charge in [0, 0.05) is 10.9 Å². The summed E-state index contributed by atoms with van der Waals surface area (Å²) in [6, 6.07) is 2.01. The Morgan fingerprint density at radius 1 is 1.38 bits per heavy atom. The molecule has 0 saturated carbocycles. The van der Waals surface area contributed by atoms with E-state index in [0.717, 1.165) is 10.6 Å². The van der Waals surface area contributed by atoms with Gasteiger partial charge in [-0.25, -0.2) is 5.84 Å². The van der Waals surface area contributed by atoms with Crippen LogP contribution in [-0.4, -0.2) is 10.2 Å². The highest BCUT2D eigenvalue weighted by Gasteiger charge is 2.04. The van der Waals surface area contributed by atoms with E-state index in [-0.39, 0.29) is 12.4 Å². The molecule has 0 amide bonds. The van der Waals surface area contributed by atoms with E-state index in [1.54, 1.807) is 11.3 Å². The average Bonchev–Trinajstić information content (AvgIpc) is 2.75. The predicted molar refractivity (Wildman–Crippen MR) is 58.3 cm³/mol. The number of hydrogen-bond donors (Lipinski definition) is 2. The third-order valence-electron chi connectivity index (χ3n) is 1.32. The van der Waals surface area contributed by atoms with Crippen LogP contribution in [0.15, 0.2) is 16.8 Å². The smallest absolute Gasteiger partial charge is 0.220 e. The van der Waals surface area contributed by atoms with Crippen molar-refractivity contribution < 1.29 is 0 Å². The normalized spacial score (nSPS) is 9.31. The van der Waals surface area contributed by atoms with E-state index in [4.69, 9.17) is 5.84 Å². The summed E-state index contributed by atoms with van der Waals surface area (Å²) >= 11 is 3.08. The maximum absolute atomic E-state index is 5.18. The number of nitrogen functional groups attached to an aromatic ring is 1. The Kier molecular flexibility index (Phi) is 3.61. The minimum Gasteiger partial charge on any atom is -0.298 e. The summed E-state index contributed by atoms with van der Waals surface area (Å²) in [5.41, 5.74) is 3.55. The van der Waals surface area contributed by atoms with Crippen molar-refractivity contribution in [3.63, 3.8) is 0 Å². The van der Waals surface area contributed by atoms with Crippen LogP contribution in [0.4, 0.5) is 5.13 Å². The molecule has 0 radical (unpaired) electrons. The second-order valence-electron chi connectivity index (χ2n) is 2.07. The van der Waals surface area contributed by atoms with Gasteiger partial charge in [0.2, 0.25) is 5.13 Å². The minimum atomic E-state index is 0. The second kappa shape index (κ2) is 4.52. The lowest BCUT2D eigenvalue weighted by molar-refractivity contribution is 1.08. The molecule has 2 heterocycles. The summed E-state index contributed by atoms with van der Waals surface area (Å²) < 4.78 is 0. The number of anilines is 1. The maximum Gasteiger partial charge on any atom is 0.220 e. The van der Waals surface area contributed by atoms with Crippen molar-refractivity contribution in [3.05, 3.63) is 16.8 Å². The molecule has 13 heavy (non-hydrogen) atoms. The van der Waals surface area contributed by atoms with Crippen LogP contribution in [-0.2, 0) is 0 Å². The quantitative estimate of drug-likeness (QED) is 0.616. The fraction of sp³-hybridized carbons (Fsp3) is 0. The van der Waals surface area contributed by atoms with E-state index in [2.05, 4.69) is 15.6 Å². The van der Waals surface area contributed by atoms with Crippen LogP contribution in [0.5, 0.6) is 0 Å². The number of hydrazine groups is 1. The van der Waals surface area contributed by atoms with Crippen LogP contribution >= 0.6 is 35.1 Å². The standard InChI is InChI=1S/C6H6N4S2.ClH/c7-8-6-10-9-5(12-6)4-1-2-11-3-4;/h1-3H,7H2,(H,8,10);1H. The molecule has 0 spiro atoms. The fourth-order valence-corrected chi connectivity index (χ4v) is 2.15. The van der Waals surface area contributed by atoms with E-state index in [0.29, 0.717) is 5.13 Å². The zero-order valence-electron chi connectivity index (χ0n) is 6.43. The highest BCUT2D eigenvalue weighted by atomic mass is 35.5. The molecule has 2 aromatic rings. The van der Waals surface area contributed by atoms with Crippen molar-refractivity contribution >= 4 is 40.2 Å². The van der Waals surface area contributed by atoms with E-state index < -0.39 is 0 Å². The molecule has 2 aromatic heterocycles. The monoisotopic (exact) mass is 234 g/mol. The van der Waals surface area contributed by atoms with Crippen molar-refractivity contribution in [2.75, 3.05) is 5.43 Å². The molecule has 0 unspecified atom stereocenters. The first-order chi connectivity index (χ1) is 5.90. The predicted octanol–water partition coefficient (Wildman–Crippen LogP) is 1.97. The van der Waals surface area contributed by atoms with Crippen LogP contribution in [0.2, 0.25) is 0 Å². The molecule has 2 rings (SSSR count). The Labute approximate surface area is 89.2 Å². The number of nitrogens with one attached hydrogen (secondary N) is 1. The van der Waals surface area contributed by atoms with Crippen LogP contribution in [0.3, 0.4) is 0 Å². The Morgan fingerprint density at radius 3 is 2.77 bits per heavy atom. The maximum atomic E-state index is 5.18. The molecule has 0 aliphatic heterocycles. The first-order valence-electron chi connectivity index (χ1n) is 3.23. The van der Waals surface area contributed by atoms with Crippen molar-refractivity contribution in [1.29, 1.82) is 0 Å². The summed E-state index contributed by atoms with van der Waals surface area (Å²) in [4.78, 5) is 0. The Balaban J connectivity index is 0.000000845. The van der Waals surface area contributed by atoms with E-state index >= 15 is 0 Å². The zero-order chi connectivity index (χ0) is 8.39. The summed E-state index contributed by atoms with van der Waals surface area (Å²) in [6.45, 7) is 0. The second-order valence-corrected chi connectivity index (χ2v) is 3.83. The lowest BCUT2D eigenvalue weighted by Gasteiger charge is -1.85. The van der Waals surface area contributed by atoms with Gasteiger partial charge in [0.15, 0.2) is 0 Å². The topological polar surface area (TPSA) is 63.8 Å². The number of hydrogen-bond acceptors (Lipinski definition) is 6. The SMILES string of the molecule is Cl.NNc1nnc(-c2ccsc2)s1. The van der Waals surface area contributed by atoms with Crippen molar-refractivity contribution in [2.24, 2.45) is 5.84 Å². The first-order valence-corrected chi connectivity index (χ1v) is 4.99. The van der Waals surface area contributed by atoms with Crippen LogP contribution in [0.25, 0.3) is 10.6 Å². The third-order valence-corrected chi connectivity index (χ3v) is 2.90. The Hall–Kier alpha value is -0.690. The Bertz CT molecular complexity index is 358. The average molecular weight is 235 g/mol. The van der Waals surface area contributed by atoms with E-state index in [1.165, 1.54) is 11.3 Å².